The number of carbonyl (C=O) groups excluding carboxylic acids is 3. The van der Waals surface area contributed by atoms with Gasteiger partial charge in [-0.3, -0.25) is 14.4 Å². The second kappa shape index (κ2) is 5.84. The molecule has 2 fully saturated rings. The minimum absolute atomic E-state index is 0.174. The molecule has 0 radical (unpaired) electrons. The number of primary amides is 1. The van der Waals surface area contributed by atoms with Gasteiger partial charge in [-0.05, 0) is 48.1 Å². The van der Waals surface area contributed by atoms with Crippen LogP contribution in [0.15, 0.2) is 41.5 Å². The lowest BCUT2D eigenvalue weighted by molar-refractivity contribution is -0.140. The van der Waals surface area contributed by atoms with E-state index in [9.17, 15) is 14.4 Å². The Balaban J connectivity index is 1.45. The average molecular weight is 339 g/mol. The summed E-state index contributed by atoms with van der Waals surface area (Å²) >= 11 is 0. The molecule has 25 heavy (non-hydrogen) atoms. The lowest BCUT2D eigenvalue weighted by Gasteiger charge is -2.13. The second-order valence-electron chi connectivity index (χ2n) is 6.56. The van der Waals surface area contributed by atoms with Crippen LogP contribution in [0.1, 0.15) is 12.0 Å². The topological polar surface area (TPSA) is 102 Å². The molecule has 3 amide bonds. The van der Waals surface area contributed by atoms with Crippen molar-refractivity contribution in [2.75, 3.05) is 6.61 Å². The molecule has 1 aromatic rings. The number of allylic oxidation sites excluding steroid dienone is 2. The Morgan fingerprint density at radius 2 is 1.76 bits per heavy atom. The number of imide groups is 1. The number of ether oxygens (including phenoxy) is 1. The average Bonchev–Trinajstić information content (AvgIpc) is 3.27. The Bertz CT molecular complexity index is 769. The number of fused-ring (bicyclic) bond motifs is 5. The van der Waals surface area contributed by atoms with E-state index in [2.05, 4.69) is 17.3 Å². The molecule has 1 saturated heterocycles. The largest absolute Gasteiger partial charge is 0.484 e. The number of rotatable bonds is 5. The molecule has 1 aromatic carbocycles. The first-order valence-corrected chi connectivity index (χ1v) is 8.16. The van der Waals surface area contributed by atoms with Gasteiger partial charge in [-0.25, -0.2) is 0 Å². The van der Waals surface area contributed by atoms with Gasteiger partial charge < -0.3 is 10.5 Å². The predicted octanol–water partition coefficient (Wildman–Crippen LogP) is 0.692. The quantitative estimate of drug-likeness (QED) is 0.484. The third-order valence-corrected chi connectivity index (χ3v) is 5.03. The zero-order valence-electron chi connectivity index (χ0n) is 13.4. The first-order valence-electron chi connectivity index (χ1n) is 8.16. The van der Waals surface area contributed by atoms with E-state index < -0.39 is 5.91 Å². The van der Waals surface area contributed by atoms with Crippen LogP contribution in [0.3, 0.4) is 0 Å². The maximum Gasteiger partial charge on any atom is 0.255 e. The molecule has 2 bridgehead atoms. The van der Waals surface area contributed by atoms with Crippen LogP contribution in [0.4, 0.5) is 0 Å². The predicted molar refractivity (Wildman–Crippen MR) is 88.3 cm³/mol. The van der Waals surface area contributed by atoms with Crippen LogP contribution < -0.4 is 10.5 Å². The van der Waals surface area contributed by atoms with E-state index in [-0.39, 0.29) is 42.1 Å². The van der Waals surface area contributed by atoms with Gasteiger partial charge in [0.2, 0.25) is 0 Å². The lowest BCUT2D eigenvalue weighted by Crippen LogP contribution is -2.28. The normalized spacial score (nSPS) is 29.7. The molecular weight excluding hydrogens is 322 g/mol. The lowest BCUT2D eigenvalue weighted by atomic mass is 9.85. The number of nitrogens with zero attached hydrogens (tertiary/aromatic N) is 2. The Labute approximate surface area is 144 Å². The summed E-state index contributed by atoms with van der Waals surface area (Å²) in [4.78, 5) is 35.7. The second-order valence-corrected chi connectivity index (χ2v) is 6.56. The summed E-state index contributed by atoms with van der Waals surface area (Å²) in [5.41, 5.74) is 5.73. The van der Waals surface area contributed by atoms with Gasteiger partial charge in [-0.15, -0.1) is 0 Å². The van der Waals surface area contributed by atoms with Crippen molar-refractivity contribution in [3.8, 4) is 5.75 Å². The molecule has 0 spiro atoms. The first-order chi connectivity index (χ1) is 12.0. The fourth-order valence-corrected chi connectivity index (χ4v) is 3.93. The summed E-state index contributed by atoms with van der Waals surface area (Å²) < 4.78 is 5.17. The van der Waals surface area contributed by atoms with Crippen molar-refractivity contribution in [2.45, 2.75) is 6.42 Å². The van der Waals surface area contributed by atoms with Crippen molar-refractivity contribution in [1.29, 1.82) is 0 Å². The SMILES string of the molecule is NC(=O)COc1ccc(C=NN2C(=O)C3C4C=CC(C4)C3C2=O)cc1. The number of amides is 3. The Morgan fingerprint density at radius 3 is 2.32 bits per heavy atom. The first kappa shape index (κ1) is 15.6. The van der Waals surface area contributed by atoms with Crippen molar-refractivity contribution >= 4 is 23.9 Å². The maximum absolute atomic E-state index is 12.5. The van der Waals surface area contributed by atoms with Crippen LogP contribution in [0.5, 0.6) is 5.75 Å². The minimum atomic E-state index is -0.550. The standard InChI is InChI=1S/C18H17N3O4/c19-14(22)9-25-13-5-1-10(2-6-13)8-20-21-17(23)15-11-3-4-12(7-11)16(15)18(21)24/h1-6,8,11-12,15-16H,7,9H2,(H2,19,22). The fourth-order valence-electron chi connectivity index (χ4n) is 3.93. The summed E-state index contributed by atoms with van der Waals surface area (Å²) in [6, 6.07) is 6.77. The van der Waals surface area contributed by atoms with Crippen LogP contribution in [0.2, 0.25) is 0 Å². The zero-order chi connectivity index (χ0) is 17.6. The van der Waals surface area contributed by atoms with Gasteiger partial charge in [0.1, 0.15) is 5.75 Å². The smallest absolute Gasteiger partial charge is 0.255 e. The number of hydrazone groups is 1. The number of hydrogen-bond donors (Lipinski definition) is 1. The van der Waals surface area contributed by atoms with E-state index in [0.29, 0.717) is 11.3 Å². The van der Waals surface area contributed by atoms with Crippen LogP contribution in [-0.4, -0.2) is 35.6 Å². The highest BCUT2D eigenvalue weighted by atomic mass is 16.5. The molecule has 2 N–H and O–H groups in total. The highest BCUT2D eigenvalue weighted by molar-refractivity contribution is 6.06. The van der Waals surface area contributed by atoms with Crippen LogP contribution in [-0.2, 0) is 14.4 Å². The molecule has 4 unspecified atom stereocenters. The van der Waals surface area contributed by atoms with Gasteiger partial charge in [0.25, 0.3) is 17.7 Å². The Morgan fingerprint density at radius 1 is 1.16 bits per heavy atom. The molecule has 1 heterocycles. The Kier molecular flexibility index (Phi) is 3.63. The third kappa shape index (κ3) is 2.61. The van der Waals surface area contributed by atoms with Gasteiger partial charge in [-0.2, -0.15) is 10.1 Å². The molecule has 4 rings (SSSR count). The molecular formula is C18H17N3O4. The highest BCUT2D eigenvalue weighted by Gasteiger charge is 2.59. The van der Waals surface area contributed by atoms with Crippen molar-refractivity contribution < 1.29 is 19.1 Å². The summed E-state index contributed by atoms with van der Waals surface area (Å²) in [5.74, 6) is -0.601. The highest BCUT2D eigenvalue weighted by Crippen LogP contribution is 2.52. The number of benzene rings is 1. The number of hydrogen-bond acceptors (Lipinski definition) is 5. The van der Waals surface area contributed by atoms with Gasteiger partial charge in [0.15, 0.2) is 6.61 Å². The zero-order valence-corrected chi connectivity index (χ0v) is 13.4. The number of nitrogens with two attached hydrogens (primary N) is 1. The molecule has 4 atom stereocenters. The van der Waals surface area contributed by atoms with E-state index in [4.69, 9.17) is 10.5 Å². The third-order valence-electron chi connectivity index (χ3n) is 5.03. The minimum Gasteiger partial charge on any atom is -0.484 e. The summed E-state index contributed by atoms with van der Waals surface area (Å²) in [5, 5.41) is 5.12. The summed E-state index contributed by atoms with van der Waals surface area (Å²) in [6.07, 6.45) is 6.48. The maximum atomic E-state index is 12.5. The van der Waals surface area contributed by atoms with Crippen molar-refractivity contribution in [3.05, 3.63) is 42.0 Å². The van der Waals surface area contributed by atoms with Crippen LogP contribution in [0.25, 0.3) is 0 Å². The van der Waals surface area contributed by atoms with Crippen molar-refractivity contribution in [2.24, 2.45) is 34.5 Å². The van der Waals surface area contributed by atoms with Crippen molar-refractivity contribution in [3.63, 3.8) is 0 Å². The Hall–Kier alpha value is -2.96. The van der Waals surface area contributed by atoms with E-state index in [1.807, 2.05) is 0 Å². The summed E-state index contributed by atoms with van der Waals surface area (Å²) in [7, 11) is 0. The monoisotopic (exact) mass is 339 g/mol. The van der Waals surface area contributed by atoms with Crippen LogP contribution in [0, 0.1) is 23.7 Å². The van der Waals surface area contributed by atoms with Gasteiger partial charge in [0, 0.05) is 0 Å². The van der Waals surface area contributed by atoms with Crippen molar-refractivity contribution in [1.82, 2.24) is 5.01 Å². The molecule has 3 aliphatic rings. The van der Waals surface area contributed by atoms with E-state index in [1.165, 1.54) is 6.21 Å². The van der Waals surface area contributed by atoms with E-state index in [1.54, 1.807) is 24.3 Å². The fraction of sp³-hybridized carbons (Fsp3) is 0.333. The van der Waals surface area contributed by atoms with Gasteiger partial charge in [0.05, 0.1) is 18.1 Å². The van der Waals surface area contributed by atoms with E-state index >= 15 is 0 Å². The molecule has 7 nitrogen and oxygen atoms in total. The molecule has 1 aliphatic heterocycles. The molecule has 0 aromatic heterocycles. The molecule has 7 heteroatoms. The number of carbonyl (C=O) groups is 3. The molecule has 128 valence electrons. The molecule has 2 aliphatic carbocycles. The van der Waals surface area contributed by atoms with E-state index in [0.717, 1.165) is 11.4 Å². The molecule has 1 saturated carbocycles. The van der Waals surface area contributed by atoms with Gasteiger partial charge in [-0.1, -0.05) is 12.2 Å². The van der Waals surface area contributed by atoms with Crippen LogP contribution >= 0.6 is 0 Å². The van der Waals surface area contributed by atoms with Gasteiger partial charge >= 0.3 is 0 Å². The summed E-state index contributed by atoms with van der Waals surface area (Å²) in [6.45, 7) is -0.191.